The van der Waals surface area contributed by atoms with Crippen LogP contribution in [-0.4, -0.2) is 256 Å². The summed E-state index contributed by atoms with van der Waals surface area (Å²) >= 11 is 1.36. The second-order valence-electron chi connectivity index (χ2n) is 29.0. The molecule has 0 radical (unpaired) electrons. The van der Waals surface area contributed by atoms with Crippen molar-refractivity contribution >= 4 is 76.7 Å². The van der Waals surface area contributed by atoms with Crippen molar-refractivity contribution in [3.05, 3.63) is 0 Å². The zero-order valence-corrected chi connectivity index (χ0v) is 63.1. The van der Waals surface area contributed by atoms with E-state index in [0.29, 0.717) is 38.0 Å². The van der Waals surface area contributed by atoms with Crippen LogP contribution in [0, 0.1) is 41.4 Å². The fourth-order valence-corrected chi connectivity index (χ4v) is 13.3. The summed E-state index contributed by atoms with van der Waals surface area (Å²) in [6, 6.07) is -13.9. The molecule has 11 amide bonds. The molecule has 8 N–H and O–H groups in total. The first kappa shape index (κ1) is 87.4. The zero-order valence-electron chi connectivity index (χ0n) is 62.3. The molecule has 25 nitrogen and oxygen atoms in total. The Hall–Kier alpha value is -5.60. The minimum atomic E-state index is -1.63. The van der Waals surface area contributed by atoms with E-state index in [4.69, 9.17) is 5.73 Å². The Bertz CT molecular complexity index is 2490. The van der Waals surface area contributed by atoms with Crippen molar-refractivity contribution in [2.45, 2.75) is 260 Å². The number of thioether (sulfide) groups is 1. The van der Waals surface area contributed by atoms with E-state index in [9.17, 15) is 34.2 Å². The number of nitrogens with one attached hydrogen (secondary N) is 4. The van der Waals surface area contributed by atoms with Crippen LogP contribution in [-0.2, 0) is 52.7 Å². The summed E-state index contributed by atoms with van der Waals surface area (Å²) in [5.74, 6) is -9.32. The standard InChI is InChI=1S/C69H128N12O13S/c1-24-49-64(89)79(21)54(39-95-34-30-29-33-82)67(92)75(17)51(36-41(4)5)61(86)74-55(44(10)11)68(93)76(18)50(35-40(2)3)60(85)71-47(15)59(84)72-48(16)63(88)77(19)52(37-42(6)7)65(90)78(20)53(38-43(8)9)66(91)80(22)56(45(12)13)69(94)81(23)57(62(87)73-49)58(83)46(14)31-27-25-26-28-32-70/h40-58,82-83H,24-39,70H2,1-23H3,(H,71,85)(H,72,84)(H,73,87)(H,74,86)/t46-,47-,48+,49+,50-,51+,52+,53+,54-,55-,56+,57+,58-/m1/s1. The second-order valence-corrected chi connectivity index (χ2v) is 30.2. The molecule has 1 rings (SSSR count). The molecule has 0 spiro atoms. The van der Waals surface area contributed by atoms with Crippen LogP contribution in [0.1, 0.15) is 188 Å². The monoisotopic (exact) mass is 1360 g/mol. The first-order valence-corrected chi connectivity index (χ1v) is 36.0. The van der Waals surface area contributed by atoms with Gasteiger partial charge in [-0.3, -0.25) is 52.7 Å². The number of likely N-dealkylation sites (N-methyl/N-ethyl adjacent to an activating group) is 7. The van der Waals surface area contributed by atoms with Gasteiger partial charge >= 0.3 is 0 Å². The molecule has 0 aromatic heterocycles. The molecule has 548 valence electrons. The molecule has 0 bridgehead atoms. The van der Waals surface area contributed by atoms with E-state index in [1.54, 1.807) is 41.5 Å². The molecule has 0 unspecified atom stereocenters. The van der Waals surface area contributed by atoms with Crippen LogP contribution in [0.3, 0.4) is 0 Å². The first-order chi connectivity index (χ1) is 44.2. The lowest BCUT2D eigenvalue weighted by atomic mass is 9.90. The molecule has 26 heteroatoms. The Morgan fingerprint density at radius 3 is 1.33 bits per heavy atom. The molecule has 1 saturated heterocycles. The zero-order chi connectivity index (χ0) is 73.2. The van der Waals surface area contributed by atoms with E-state index in [1.165, 1.54) is 104 Å². The van der Waals surface area contributed by atoms with Crippen molar-refractivity contribution in [3.63, 3.8) is 0 Å². The molecule has 13 atom stereocenters. The maximum absolute atomic E-state index is 15.4. The van der Waals surface area contributed by atoms with E-state index < -0.39 is 155 Å². The van der Waals surface area contributed by atoms with E-state index in [-0.39, 0.29) is 68.1 Å². The third-order valence-corrected chi connectivity index (χ3v) is 19.4. The van der Waals surface area contributed by atoms with Crippen molar-refractivity contribution in [2.75, 3.05) is 74.0 Å². The number of aliphatic hydroxyl groups is 2. The van der Waals surface area contributed by atoms with Crippen molar-refractivity contribution in [1.82, 2.24) is 55.6 Å². The highest BCUT2D eigenvalue weighted by Gasteiger charge is 2.46. The van der Waals surface area contributed by atoms with Crippen molar-refractivity contribution in [3.8, 4) is 0 Å². The molecular weight excluding hydrogens is 1240 g/mol. The summed E-state index contributed by atoms with van der Waals surface area (Å²) in [5.41, 5.74) is 5.77. The van der Waals surface area contributed by atoms with Gasteiger partial charge in [0.2, 0.25) is 65.0 Å². The normalized spacial score (nSPS) is 26.0. The lowest BCUT2D eigenvalue weighted by molar-refractivity contribution is -0.157. The van der Waals surface area contributed by atoms with Crippen LogP contribution in [0.4, 0.5) is 0 Å². The Balaban J connectivity index is 4.54. The van der Waals surface area contributed by atoms with Crippen LogP contribution < -0.4 is 27.0 Å². The van der Waals surface area contributed by atoms with E-state index in [2.05, 4.69) is 21.3 Å². The number of nitrogens with zero attached hydrogens (tertiary/aromatic N) is 7. The number of carbonyl (C=O) groups is 11. The predicted octanol–water partition coefficient (Wildman–Crippen LogP) is 4.09. The molecule has 0 aliphatic carbocycles. The molecule has 1 heterocycles. The van der Waals surface area contributed by atoms with E-state index >= 15 is 28.8 Å². The summed E-state index contributed by atoms with van der Waals surface area (Å²) < 4.78 is 0. The topological polar surface area (TPSA) is 325 Å². The number of aliphatic hydroxyl groups excluding tert-OH is 2. The summed E-state index contributed by atoms with van der Waals surface area (Å²) in [4.78, 5) is 173. The fourth-order valence-electron chi connectivity index (χ4n) is 12.1. The SMILES string of the molecule is CC[C@@H]1NC(=O)[C@H]([C@H](O)[C@H](C)CCCCCCN)N(C)C(=O)[C@H](C(C)C)N(C)C(=O)[C@H](CC(C)C)N(C)C(=O)[C@H](CC(C)C)N(C)C(=O)[C@H](C)NC(=O)[C@@H](C)NC(=O)[C@@H](CC(C)C)N(C)C(=O)[C@@H](C(C)C)NC(=O)[C@H](CC(C)C)N(C)C(=O)[C@@H](CSCCCCO)N(C)C1=O. The van der Waals surface area contributed by atoms with Gasteiger partial charge in [0.1, 0.15) is 66.5 Å². The van der Waals surface area contributed by atoms with Crippen LogP contribution in [0.2, 0.25) is 0 Å². The van der Waals surface area contributed by atoms with Crippen LogP contribution in [0.15, 0.2) is 0 Å². The van der Waals surface area contributed by atoms with Gasteiger partial charge in [0.15, 0.2) is 0 Å². The highest BCUT2D eigenvalue weighted by atomic mass is 32.2. The van der Waals surface area contributed by atoms with Crippen LogP contribution >= 0.6 is 11.8 Å². The van der Waals surface area contributed by atoms with Gasteiger partial charge in [-0.1, -0.05) is 116 Å². The molecule has 1 fully saturated rings. The van der Waals surface area contributed by atoms with Gasteiger partial charge in [-0.2, -0.15) is 11.8 Å². The lowest BCUT2D eigenvalue weighted by Gasteiger charge is -2.41. The summed E-state index contributed by atoms with van der Waals surface area (Å²) in [6.45, 7) is 28.7. The average molecular weight is 1370 g/mol. The van der Waals surface area contributed by atoms with Gasteiger partial charge < -0.3 is 71.5 Å². The smallest absolute Gasteiger partial charge is 0.246 e. The minimum Gasteiger partial charge on any atom is -0.396 e. The van der Waals surface area contributed by atoms with Gasteiger partial charge in [-0.15, -0.1) is 0 Å². The van der Waals surface area contributed by atoms with Gasteiger partial charge in [-0.05, 0) is 125 Å². The van der Waals surface area contributed by atoms with Crippen molar-refractivity contribution in [2.24, 2.45) is 47.2 Å². The Kier molecular flexibility index (Phi) is 38.9. The number of rotatable bonds is 25. The second kappa shape index (κ2) is 42.3. The molecule has 1 aliphatic heterocycles. The Morgan fingerprint density at radius 1 is 0.432 bits per heavy atom. The van der Waals surface area contributed by atoms with Gasteiger partial charge in [0.25, 0.3) is 0 Å². The summed E-state index contributed by atoms with van der Waals surface area (Å²) in [7, 11) is 10.1. The molecule has 0 saturated carbocycles. The summed E-state index contributed by atoms with van der Waals surface area (Å²) in [5, 5.41) is 33.2. The predicted molar refractivity (Wildman–Crippen MR) is 374 cm³/mol. The first-order valence-electron chi connectivity index (χ1n) is 34.8. The number of amides is 11. The number of hydrogen-bond acceptors (Lipinski definition) is 15. The van der Waals surface area contributed by atoms with Crippen molar-refractivity contribution < 1.29 is 63.0 Å². The summed E-state index contributed by atoms with van der Waals surface area (Å²) in [6.07, 6.45) is 3.70. The highest BCUT2D eigenvalue weighted by molar-refractivity contribution is 7.99. The molecule has 0 aromatic rings. The molecule has 95 heavy (non-hydrogen) atoms. The maximum Gasteiger partial charge on any atom is 0.246 e. The maximum atomic E-state index is 15.4. The van der Waals surface area contributed by atoms with Gasteiger partial charge in [-0.25, -0.2) is 0 Å². The third kappa shape index (κ3) is 26.3. The van der Waals surface area contributed by atoms with E-state index in [1.807, 2.05) is 55.4 Å². The number of carbonyl (C=O) groups excluding carboxylic acids is 11. The lowest BCUT2D eigenvalue weighted by Crippen LogP contribution is -2.64. The highest BCUT2D eigenvalue weighted by Crippen LogP contribution is 2.27. The fraction of sp³-hybridized carbons (Fsp3) is 0.841. The Morgan fingerprint density at radius 2 is 0.853 bits per heavy atom. The minimum absolute atomic E-state index is 0.00597. The van der Waals surface area contributed by atoms with Gasteiger partial charge in [0, 0.05) is 61.7 Å². The quantitative estimate of drug-likeness (QED) is 0.0634. The van der Waals surface area contributed by atoms with Crippen LogP contribution in [0.25, 0.3) is 0 Å². The Labute approximate surface area is 574 Å². The number of unbranched alkanes of at least 4 members (excludes halogenated alkanes) is 4. The molecular formula is C69H128N12O13S. The third-order valence-electron chi connectivity index (χ3n) is 18.2. The average Bonchev–Trinajstić information content (AvgIpc) is 0.811. The molecule has 0 aromatic carbocycles. The van der Waals surface area contributed by atoms with Gasteiger partial charge in [0.05, 0.1) is 6.10 Å². The van der Waals surface area contributed by atoms with E-state index in [0.717, 1.165) is 24.2 Å². The number of nitrogens with two attached hydrogens (primary N) is 1. The largest absolute Gasteiger partial charge is 0.396 e. The molecule has 1 aliphatic rings. The van der Waals surface area contributed by atoms with Crippen molar-refractivity contribution in [1.29, 1.82) is 0 Å². The van der Waals surface area contributed by atoms with Crippen LogP contribution in [0.5, 0.6) is 0 Å². The number of hydrogen-bond donors (Lipinski definition) is 7.